The molecule has 3 aromatic rings. The van der Waals surface area contributed by atoms with E-state index in [0.29, 0.717) is 39.8 Å². The first kappa shape index (κ1) is 24.9. The Balaban J connectivity index is 1.74. The summed E-state index contributed by atoms with van der Waals surface area (Å²) >= 11 is 7.59. The minimum atomic E-state index is -0.576. The molecule has 35 heavy (non-hydrogen) atoms. The molecular formula is C26H27ClN4O3S. The second kappa shape index (κ2) is 11.5. The Hall–Kier alpha value is -3.23. The van der Waals surface area contributed by atoms with Crippen LogP contribution in [0.1, 0.15) is 37.4 Å². The number of carbonyl (C=O) groups is 1. The Kier molecular flexibility index (Phi) is 8.15. The lowest BCUT2D eigenvalue weighted by molar-refractivity contribution is -0.138. The van der Waals surface area contributed by atoms with Crippen LogP contribution in [0, 0.1) is 0 Å². The molecule has 2 heterocycles. The monoisotopic (exact) mass is 510 g/mol. The van der Waals surface area contributed by atoms with Gasteiger partial charge in [-0.05, 0) is 37.1 Å². The number of rotatable bonds is 10. The van der Waals surface area contributed by atoms with Crippen LogP contribution < -0.4 is 10.1 Å². The molecule has 1 aromatic heterocycles. The fourth-order valence-electron chi connectivity index (χ4n) is 3.73. The average Bonchev–Trinajstić information content (AvgIpc) is 3.27. The van der Waals surface area contributed by atoms with E-state index in [2.05, 4.69) is 23.8 Å². The van der Waals surface area contributed by atoms with E-state index in [0.717, 1.165) is 23.3 Å². The van der Waals surface area contributed by atoms with Crippen molar-refractivity contribution in [3.8, 4) is 5.75 Å². The van der Waals surface area contributed by atoms with Crippen LogP contribution in [-0.2, 0) is 16.1 Å². The van der Waals surface area contributed by atoms with Gasteiger partial charge in [0, 0.05) is 22.0 Å². The highest BCUT2D eigenvalue weighted by Crippen LogP contribution is 2.40. The van der Waals surface area contributed by atoms with E-state index < -0.39 is 12.0 Å². The van der Waals surface area contributed by atoms with Crippen LogP contribution >= 0.6 is 23.4 Å². The van der Waals surface area contributed by atoms with E-state index >= 15 is 0 Å². The summed E-state index contributed by atoms with van der Waals surface area (Å²) < 4.78 is 13.4. The molecule has 1 unspecified atom stereocenters. The second-order valence-electron chi connectivity index (χ2n) is 7.92. The molecular weight excluding hydrogens is 484 g/mol. The van der Waals surface area contributed by atoms with Gasteiger partial charge in [0.15, 0.2) is 0 Å². The van der Waals surface area contributed by atoms with Crippen molar-refractivity contribution >= 4 is 35.3 Å². The highest BCUT2D eigenvalue weighted by atomic mass is 35.5. The predicted octanol–water partition coefficient (Wildman–Crippen LogP) is 6.03. The third-order valence-corrected chi connectivity index (χ3v) is 6.64. The van der Waals surface area contributed by atoms with Crippen LogP contribution in [-0.4, -0.2) is 33.1 Å². The first-order valence-electron chi connectivity index (χ1n) is 11.3. The molecule has 0 amide bonds. The highest BCUT2D eigenvalue weighted by Gasteiger charge is 2.36. The first-order valence-corrected chi connectivity index (χ1v) is 12.7. The summed E-state index contributed by atoms with van der Waals surface area (Å²) in [6.45, 7) is 8.05. The summed E-state index contributed by atoms with van der Waals surface area (Å²) in [4.78, 5) is 17.8. The Bertz CT molecular complexity index is 1240. The topological polar surface area (TPSA) is 78.3 Å². The SMILES string of the molecule is C=CCOC(=O)C1=C(C)Nc2nc(SCCC)nn2C1c1ccccc1OCc1ccc(Cl)cc1. The van der Waals surface area contributed by atoms with Gasteiger partial charge in [0.1, 0.15) is 25.0 Å². The zero-order chi connectivity index (χ0) is 24.8. The Morgan fingerprint density at radius 2 is 2.03 bits per heavy atom. The van der Waals surface area contributed by atoms with Gasteiger partial charge >= 0.3 is 5.97 Å². The van der Waals surface area contributed by atoms with Crippen LogP contribution in [0.25, 0.3) is 0 Å². The minimum absolute atomic E-state index is 0.110. The maximum atomic E-state index is 13.2. The van der Waals surface area contributed by atoms with Gasteiger partial charge in [-0.15, -0.1) is 5.10 Å². The van der Waals surface area contributed by atoms with Crippen molar-refractivity contribution in [2.45, 2.75) is 38.1 Å². The molecule has 0 aliphatic carbocycles. The quantitative estimate of drug-likeness (QED) is 0.202. The largest absolute Gasteiger partial charge is 0.489 e. The number of hydrogen-bond donors (Lipinski definition) is 1. The molecule has 1 atom stereocenters. The van der Waals surface area contributed by atoms with Crippen LogP contribution in [0.3, 0.4) is 0 Å². The average molecular weight is 511 g/mol. The molecule has 0 radical (unpaired) electrons. The van der Waals surface area contributed by atoms with Gasteiger partial charge in [0.2, 0.25) is 11.1 Å². The van der Waals surface area contributed by atoms with Crippen molar-refractivity contribution in [1.29, 1.82) is 0 Å². The lowest BCUT2D eigenvalue weighted by Gasteiger charge is -2.29. The number of para-hydroxylation sites is 1. The number of fused-ring (bicyclic) bond motifs is 1. The fraction of sp³-hybridized carbons (Fsp3) is 0.269. The fourth-order valence-corrected chi connectivity index (χ4v) is 4.54. The molecule has 1 aliphatic heterocycles. The molecule has 4 rings (SSSR count). The lowest BCUT2D eigenvalue weighted by atomic mass is 9.95. The number of allylic oxidation sites excluding steroid dienone is 1. The third kappa shape index (κ3) is 5.71. The third-order valence-electron chi connectivity index (χ3n) is 5.34. The van der Waals surface area contributed by atoms with Crippen molar-refractivity contribution in [2.24, 2.45) is 0 Å². The smallest absolute Gasteiger partial charge is 0.338 e. The molecule has 7 nitrogen and oxygen atoms in total. The van der Waals surface area contributed by atoms with E-state index in [1.165, 1.54) is 0 Å². The molecule has 0 spiro atoms. The van der Waals surface area contributed by atoms with E-state index in [4.69, 9.17) is 26.2 Å². The van der Waals surface area contributed by atoms with Gasteiger partial charge in [0.05, 0.1) is 5.57 Å². The number of nitrogens with zero attached hydrogens (tertiary/aromatic N) is 3. The number of thioether (sulfide) groups is 1. The van der Waals surface area contributed by atoms with E-state index in [9.17, 15) is 4.79 Å². The molecule has 2 aromatic carbocycles. The molecule has 182 valence electrons. The molecule has 0 saturated heterocycles. The van der Waals surface area contributed by atoms with Crippen molar-refractivity contribution in [3.05, 3.63) is 88.6 Å². The summed E-state index contributed by atoms with van der Waals surface area (Å²) in [6, 6.07) is 14.6. The number of aromatic nitrogens is 3. The van der Waals surface area contributed by atoms with Crippen molar-refractivity contribution in [3.63, 3.8) is 0 Å². The van der Waals surface area contributed by atoms with E-state index in [-0.39, 0.29) is 6.61 Å². The van der Waals surface area contributed by atoms with E-state index in [1.807, 2.05) is 55.5 Å². The van der Waals surface area contributed by atoms with Crippen LogP contribution in [0.15, 0.2) is 77.6 Å². The number of ether oxygens (including phenoxy) is 2. The summed E-state index contributed by atoms with van der Waals surface area (Å²) in [7, 11) is 0. The van der Waals surface area contributed by atoms with Crippen molar-refractivity contribution in [1.82, 2.24) is 14.8 Å². The molecule has 1 N–H and O–H groups in total. The molecule has 9 heteroatoms. The van der Waals surface area contributed by atoms with E-state index in [1.54, 1.807) is 22.5 Å². The first-order chi connectivity index (χ1) is 17.0. The van der Waals surface area contributed by atoms with Crippen LogP contribution in [0.5, 0.6) is 5.75 Å². The molecule has 0 fully saturated rings. The summed E-state index contributed by atoms with van der Waals surface area (Å²) in [6.07, 6.45) is 2.55. The highest BCUT2D eigenvalue weighted by molar-refractivity contribution is 7.99. The standard InChI is InChI=1S/C26H27ClN4O3S/c1-4-14-33-24(32)22-17(3)28-25-29-26(35-15-5-2)30-31(25)23(22)20-8-6-7-9-21(20)34-16-18-10-12-19(27)13-11-18/h4,6-13,23H,1,5,14-16H2,2-3H3,(H,28,29,30). The summed E-state index contributed by atoms with van der Waals surface area (Å²) in [5.41, 5.74) is 2.86. The zero-order valence-corrected chi connectivity index (χ0v) is 21.2. The molecule has 0 saturated carbocycles. The summed E-state index contributed by atoms with van der Waals surface area (Å²) in [5, 5.41) is 9.27. The number of nitrogens with one attached hydrogen (secondary N) is 1. The predicted molar refractivity (Wildman–Crippen MR) is 139 cm³/mol. The number of esters is 1. The Morgan fingerprint density at radius 1 is 1.26 bits per heavy atom. The van der Waals surface area contributed by atoms with Crippen molar-refractivity contribution in [2.75, 3.05) is 17.7 Å². The van der Waals surface area contributed by atoms with Gasteiger partial charge in [-0.2, -0.15) is 4.98 Å². The van der Waals surface area contributed by atoms with Crippen molar-refractivity contribution < 1.29 is 14.3 Å². The zero-order valence-electron chi connectivity index (χ0n) is 19.7. The molecule has 1 aliphatic rings. The van der Waals surface area contributed by atoms with Gasteiger partial charge < -0.3 is 14.8 Å². The summed E-state index contributed by atoms with van der Waals surface area (Å²) in [5.74, 6) is 1.66. The normalized spacial score (nSPS) is 14.8. The van der Waals surface area contributed by atoms with Gasteiger partial charge in [0.25, 0.3) is 0 Å². The van der Waals surface area contributed by atoms with Gasteiger partial charge in [-0.1, -0.05) is 73.3 Å². The van der Waals surface area contributed by atoms with Crippen LogP contribution in [0.4, 0.5) is 5.95 Å². The number of carbonyl (C=O) groups excluding carboxylic acids is 1. The lowest BCUT2D eigenvalue weighted by Crippen LogP contribution is -2.30. The number of benzene rings is 2. The number of anilines is 1. The molecule has 0 bridgehead atoms. The maximum Gasteiger partial charge on any atom is 0.338 e. The number of halogens is 1. The Labute approximate surface area is 214 Å². The van der Waals surface area contributed by atoms with Gasteiger partial charge in [-0.3, -0.25) is 0 Å². The van der Waals surface area contributed by atoms with Crippen LogP contribution in [0.2, 0.25) is 5.02 Å². The van der Waals surface area contributed by atoms with Gasteiger partial charge in [-0.25, -0.2) is 9.48 Å². The minimum Gasteiger partial charge on any atom is -0.489 e. The number of hydrogen-bond acceptors (Lipinski definition) is 7. The second-order valence-corrected chi connectivity index (χ2v) is 9.42. The Morgan fingerprint density at radius 3 is 2.77 bits per heavy atom. The maximum absolute atomic E-state index is 13.2.